The number of ether oxygens (including phenoxy) is 1. The summed E-state index contributed by atoms with van der Waals surface area (Å²) in [5.41, 5.74) is 0.756. The van der Waals surface area contributed by atoms with Gasteiger partial charge in [-0.05, 0) is 30.7 Å². The average Bonchev–Trinajstić information content (AvgIpc) is 2.42. The molecule has 1 N–H and O–H groups in total. The summed E-state index contributed by atoms with van der Waals surface area (Å²) in [5, 5.41) is 8.50. The second-order valence-electron chi connectivity index (χ2n) is 3.94. The van der Waals surface area contributed by atoms with Gasteiger partial charge in [0.05, 0.1) is 0 Å². The molecule has 0 aliphatic carbocycles. The maximum absolute atomic E-state index is 11.5. The molecule has 5 nitrogen and oxygen atoms in total. The van der Waals surface area contributed by atoms with Crippen LogP contribution >= 0.6 is 0 Å². The molecule has 0 aromatic heterocycles. The van der Waals surface area contributed by atoms with Gasteiger partial charge in [0, 0.05) is 19.7 Å². The van der Waals surface area contributed by atoms with Crippen LogP contribution in [-0.4, -0.2) is 42.1 Å². The number of aliphatic carboxylic acids is 1. The van der Waals surface area contributed by atoms with Crippen molar-refractivity contribution in [3.05, 3.63) is 35.9 Å². The van der Waals surface area contributed by atoms with Gasteiger partial charge in [-0.25, -0.2) is 4.79 Å². The van der Waals surface area contributed by atoms with E-state index in [-0.39, 0.29) is 12.5 Å². The summed E-state index contributed by atoms with van der Waals surface area (Å²) in [6.07, 6.45) is 2.55. The third-order valence-electron chi connectivity index (χ3n) is 2.56. The fraction of sp³-hybridized carbons (Fsp3) is 0.286. The van der Waals surface area contributed by atoms with E-state index in [2.05, 4.69) is 0 Å². The van der Waals surface area contributed by atoms with E-state index in [1.807, 2.05) is 6.92 Å². The van der Waals surface area contributed by atoms with Crippen molar-refractivity contribution in [1.29, 1.82) is 0 Å². The standard InChI is InChI=1S/C14H17NO4/c1-3-15(2)13(16)10-19-12-7-4-11(5-8-12)6-9-14(17)18/h4-9H,3,10H2,1-2H3,(H,17,18)/b9-6+. The minimum absolute atomic E-state index is 0.00531. The summed E-state index contributed by atoms with van der Waals surface area (Å²) >= 11 is 0. The van der Waals surface area contributed by atoms with Crippen LogP contribution in [0, 0.1) is 0 Å². The molecule has 0 fully saturated rings. The van der Waals surface area contributed by atoms with Gasteiger partial charge < -0.3 is 14.7 Å². The normalized spacial score (nSPS) is 10.4. The number of hydrogen-bond acceptors (Lipinski definition) is 3. The number of nitrogens with zero attached hydrogens (tertiary/aromatic N) is 1. The molecule has 5 heteroatoms. The summed E-state index contributed by atoms with van der Waals surface area (Å²) in [6.45, 7) is 2.53. The molecule has 0 aliphatic rings. The highest BCUT2D eigenvalue weighted by Crippen LogP contribution is 2.13. The van der Waals surface area contributed by atoms with Crippen LogP contribution in [0.15, 0.2) is 30.3 Å². The molecular weight excluding hydrogens is 246 g/mol. The fourth-order valence-corrected chi connectivity index (χ4v) is 1.27. The summed E-state index contributed by atoms with van der Waals surface area (Å²) < 4.78 is 5.34. The molecule has 1 aromatic carbocycles. The van der Waals surface area contributed by atoms with E-state index < -0.39 is 5.97 Å². The van der Waals surface area contributed by atoms with Gasteiger partial charge >= 0.3 is 5.97 Å². The van der Waals surface area contributed by atoms with E-state index in [4.69, 9.17) is 9.84 Å². The lowest BCUT2D eigenvalue weighted by atomic mass is 10.2. The lowest BCUT2D eigenvalue weighted by Crippen LogP contribution is -2.31. The zero-order chi connectivity index (χ0) is 14.3. The number of likely N-dealkylation sites (N-methyl/N-ethyl adjacent to an activating group) is 1. The van der Waals surface area contributed by atoms with E-state index in [0.717, 1.165) is 11.6 Å². The Hall–Kier alpha value is -2.30. The molecule has 0 saturated carbocycles. The number of carbonyl (C=O) groups is 2. The lowest BCUT2D eigenvalue weighted by Gasteiger charge is -2.14. The molecule has 1 amide bonds. The Labute approximate surface area is 112 Å². The number of rotatable bonds is 6. The quantitative estimate of drug-likeness (QED) is 0.792. The fourth-order valence-electron chi connectivity index (χ4n) is 1.27. The van der Waals surface area contributed by atoms with Crippen molar-refractivity contribution in [3.8, 4) is 5.75 Å². The predicted octanol–water partition coefficient (Wildman–Crippen LogP) is 1.64. The van der Waals surface area contributed by atoms with Gasteiger partial charge in [0.25, 0.3) is 5.91 Å². The van der Waals surface area contributed by atoms with Gasteiger partial charge in [0.2, 0.25) is 0 Å². The van der Waals surface area contributed by atoms with Gasteiger partial charge in [-0.15, -0.1) is 0 Å². The number of carboxylic acid groups (broad SMARTS) is 1. The molecule has 0 saturated heterocycles. The van der Waals surface area contributed by atoms with E-state index in [1.165, 1.54) is 6.08 Å². The van der Waals surface area contributed by atoms with Crippen molar-refractivity contribution in [2.24, 2.45) is 0 Å². The summed E-state index contributed by atoms with van der Waals surface area (Å²) in [7, 11) is 1.71. The van der Waals surface area contributed by atoms with Crippen LogP contribution < -0.4 is 4.74 Å². The van der Waals surface area contributed by atoms with E-state index in [9.17, 15) is 9.59 Å². The van der Waals surface area contributed by atoms with Gasteiger partial charge in [0.1, 0.15) is 5.75 Å². The highest BCUT2D eigenvalue weighted by Gasteiger charge is 2.06. The average molecular weight is 263 g/mol. The van der Waals surface area contributed by atoms with Crippen molar-refractivity contribution in [2.45, 2.75) is 6.92 Å². The smallest absolute Gasteiger partial charge is 0.328 e. The summed E-state index contributed by atoms with van der Waals surface area (Å²) in [6, 6.07) is 6.84. The van der Waals surface area contributed by atoms with Crippen LogP contribution in [0.25, 0.3) is 6.08 Å². The monoisotopic (exact) mass is 263 g/mol. The molecule has 1 rings (SSSR count). The number of hydrogen-bond donors (Lipinski definition) is 1. The topological polar surface area (TPSA) is 66.8 Å². The maximum atomic E-state index is 11.5. The molecule has 0 atom stereocenters. The van der Waals surface area contributed by atoms with Crippen LogP contribution in [0.3, 0.4) is 0 Å². The van der Waals surface area contributed by atoms with Gasteiger partial charge in [-0.3, -0.25) is 4.79 Å². The minimum Gasteiger partial charge on any atom is -0.484 e. The third-order valence-corrected chi connectivity index (χ3v) is 2.56. The van der Waals surface area contributed by atoms with Crippen molar-refractivity contribution < 1.29 is 19.4 Å². The molecule has 102 valence electrons. The second-order valence-corrected chi connectivity index (χ2v) is 3.94. The first kappa shape index (κ1) is 14.8. The molecule has 1 aromatic rings. The van der Waals surface area contributed by atoms with Crippen molar-refractivity contribution in [3.63, 3.8) is 0 Å². The zero-order valence-electron chi connectivity index (χ0n) is 11.0. The molecule has 0 radical (unpaired) electrons. The zero-order valence-corrected chi connectivity index (χ0v) is 11.0. The highest BCUT2D eigenvalue weighted by atomic mass is 16.5. The number of benzene rings is 1. The van der Waals surface area contributed by atoms with E-state index >= 15 is 0 Å². The molecule has 0 spiro atoms. The van der Waals surface area contributed by atoms with Crippen molar-refractivity contribution >= 4 is 18.0 Å². The first-order chi connectivity index (χ1) is 9.02. The van der Waals surface area contributed by atoms with E-state index in [1.54, 1.807) is 36.2 Å². The Balaban J connectivity index is 2.53. The molecule has 0 unspecified atom stereocenters. The lowest BCUT2D eigenvalue weighted by molar-refractivity contribution is -0.132. The number of carbonyl (C=O) groups excluding carboxylic acids is 1. The van der Waals surface area contributed by atoms with Crippen molar-refractivity contribution in [2.75, 3.05) is 20.2 Å². The van der Waals surface area contributed by atoms with Gasteiger partial charge in [-0.1, -0.05) is 12.1 Å². The minimum atomic E-state index is -0.992. The Morgan fingerprint density at radius 2 is 1.95 bits per heavy atom. The first-order valence-corrected chi connectivity index (χ1v) is 5.90. The Morgan fingerprint density at radius 1 is 1.32 bits per heavy atom. The molecule has 0 heterocycles. The number of carboxylic acids is 1. The summed E-state index contributed by atoms with van der Waals surface area (Å²) in [5.74, 6) is -0.504. The van der Waals surface area contributed by atoms with E-state index in [0.29, 0.717) is 12.3 Å². The Bertz CT molecular complexity index is 465. The second kappa shape index (κ2) is 7.20. The molecular formula is C14H17NO4. The van der Waals surface area contributed by atoms with Crippen LogP contribution in [0.5, 0.6) is 5.75 Å². The maximum Gasteiger partial charge on any atom is 0.328 e. The highest BCUT2D eigenvalue weighted by molar-refractivity contribution is 5.85. The van der Waals surface area contributed by atoms with Gasteiger partial charge in [0.15, 0.2) is 6.61 Å². The Morgan fingerprint density at radius 3 is 2.47 bits per heavy atom. The SMILES string of the molecule is CCN(C)C(=O)COc1ccc(/C=C/C(=O)O)cc1. The van der Waals surface area contributed by atoms with Crippen molar-refractivity contribution in [1.82, 2.24) is 4.90 Å². The number of amides is 1. The molecule has 0 aliphatic heterocycles. The molecule has 0 bridgehead atoms. The van der Waals surface area contributed by atoms with Crippen LogP contribution in [0.2, 0.25) is 0 Å². The van der Waals surface area contributed by atoms with Crippen LogP contribution in [0.1, 0.15) is 12.5 Å². The van der Waals surface area contributed by atoms with Gasteiger partial charge in [-0.2, -0.15) is 0 Å². The largest absolute Gasteiger partial charge is 0.484 e. The molecule has 19 heavy (non-hydrogen) atoms. The van der Waals surface area contributed by atoms with Crippen LogP contribution in [0.4, 0.5) is 0 Å². The Kier molecular flexibility index (Phi) is 5.60. The first-order valence-electron chi connectivity index (χ1n) is 5.90. The third kappa shape index (κ3) is 5.25. The van der Waals surface area contributed by atoms with Crippen LogP contribution in [-0.2, 0) is 9.59 Å². The predicted molar refractivity (Wildman–Crippen MR) is 71.9 cm³/mol. The summed E-state index contributed by atoms with van der Waals surface area (Å²) in [4.78, 5) is 23.4.